The molecule has 2 rings (SSSR count). The molecule has 0 saturated heterocycles. The van der Waals surface area contributed by atoms with Gasteiger partial charge in [-0.3, -0.25) is 4.98 Å². The van der Waals surface area contributed by atoms with E-state index < -0.39 is 0 Å². The summed E-state index contributed by atoms with van der Waals surface area (Å²) in [5, 5.41) is 9.16. The lowest BCUT2D eigenvalue weighted by molar-refractivity contribution is 0.261. The molecule has 3 nitrogen and oxygen atoms in total. The Morgan fingerprint density at radius 2 is 2.43 bits per heavy atom. The lowest BCUT2D eigenvalue weighted by Gasteiger charge is -2.14. The summed E-state index contributed by atoms with van der Waals surface area (Å²) in [6.45, 7) is 0.906. The zero-order valence-electron chi connectivity index (χ0n) is 8.19. The fourth-order valence-corrected chi connectivity index (χ4v) is 2.28. The molecule has 1 aliphatic rings. The number of hydrogen-bond acceptors (Lipinski definition) is 3. The Bertz CT molecular complexity index is 301. The standard InChI is InChI=1S/C11H16N2O/c12-5-4-11(7-9(11)8-14)10-3-1-2-6-13-10/h1-3,6,9,14H,4-5,7-8,12H2. The van der Waals surface area contributed by atoms with E-state index in [-0.39, 0.29) is 12.0 Å². The lowest BCUT2D eigenvalue weighted by Crippen LogP contribution is -2.18. The van der Waals surface area contributed by atoms with Crippen LogP contribution in [0.15, 0.2) is 24.4 Å². The van der Waals surface area contributed by atoms with Crippen molar-refractivity contribution in [1.82, 2.24) is 4.98 Å². The molecule has 1 aromatic heterocycles. The first-order chi connectivity index (χ1) is 6.83. The maximum atomic E-state index is 9.16. The summed E-state index contributed by atoms with van der Waals surface area (Å²) >= 11 is 0. The third-order valence-electron chi connectivity index (χ3n) is 3.22. The molecule has 0 amide bonds. The quantitative estimate of drug-likeness (QED) is 0.737. The highest BCUT2D eigenvalue weighted by molar-refractivity contribution is 5.27. The van der Waals surface area contributed by atoms with Crippen molar-refractivity contribution in [3.8, 4) is 0 Å². The highest BCUT2D eigenvalue weighted by atomic mass is 16.3. The van der Waals surface area contributed by atoms with E-state index in [4.69, 9.17) is 10.8 Å². The molecule has 1 aromatic rings. The Kier molecular flexibility index (Phi) is 2.52. The van der Waals surface area contributed by atoms with Crippen LogP contribution in [0.1, 0.15) is 18.5 Å². The van der Waals surface area contributed by atoms with E-state index in [0.717, 1.165) is 18.5 Å². The number of hydrogen-bond donors (Lipinski definition) is 2. The molecule has 1 aliphatic carbocycles. The van der Waals surface area contributed by atoms with Crippen LogP contribution in [0.3, 0.4) is 0 Å². The van der Waals surface area contributed by atoms with Gasteiger partial charge in [-0.1, -0.05) is 6.07 Å². The van der Waals surface area contributed by atoms with Gasteiger partial charge in [-0.05, 0) is 37.4 Å². The van der Waals surface area contributed by atoms with Gasteiger partial charge in [-0.25, -0.2) is 0 Å². The number of aromatic nitrogens is 1. The fourth-order valence-electron chi connectivity index (χ4n) is 2.28. The maximum Gasteiger partial charge on any atom is 0.0469 e. The summed E-state index contributed by atoms with van der Waals surface area (Å²) in [4.78, 5) is 4.36. The van der Waals surface area contributed by atoms with Gasteiger partial charge in [0.05, 0.1) is 0 Å². The average Bonchev–Trinajstić information content (AvgIpc) is 2.95. The number of nitrogens with zero attached hydrogens (tertiary/aromatic N) is 1. The Hall–Kier alpha value is -0.930. The minimum Gasteiger partial charge on any atom is -0.396 e. The summed E-state index contributed by atoms with van der Waals surface area (Å²) in [5.74, 6) is 0.362. The second kappa shape index (κ2) is 3.67. The number of aliphatic hydroxyl groups excluding tert-OH is 1. The number of pyridine rings is 1. The van der Waals surface area contributed by atoms with Gasteiger partial charge in [0.25, 0.3) is 0 Å². The van der Waals surface area contributed by atoms with Gasteiger partial charge in [0, 0.05) is 23.9 Å². The van der Waals surface area contributed by atoms with Crippen molar-refractivity contribution in [2.45, 2.75) is 18.3 Å². The lowest BCUT2D eigenvalue weighted by atomic mass is 9.94. The molecule has 2 atom stereocenters. The third kappa shape index (κ3) is 1.42. The van der Waals surface area contributed by atoms with E-state index in [1.807, 2.05) is 18.2 Å². The minimum absolute atomic E-state index is 0.0742. The summed E-state index contributed by atoms with van der Waals surface area (Å²) in [5.41, 5.74) is 6.76. The van der Waals surface area contributed by atoms with Crippen LogP contribution in [0, 0.1) is 5.92 Å². The van der Waals surface area contributed by atoms with Crippen LogP contribution in [0.5, 0.6) is 0 Å². The molecule has 76 valence electrons. The van der Waals surface area contributed by atoms with Gasteiger partial charge in [-0.2, -0.15) is 0 Å². The van der Waals surface area contributed by atoms with Gasteiger partial charge >= 0.3 is 0 Å². The first kappa shape index (κ1) is 9.62. The average molecular weight is 192 g/mol. The van der Waals surface area contributed by atoms with E-state index in [2.05, 4.69) is 4.98 Å². The van der Waals surface area contributed by atoms with Crippen molar-refractivity contribution >= 4 is 0 Å². The molecule has 0 spiro atoms. The van der Waals surface area contributed by atoms with Gasteiger partial charge < -0.3 is 10.8 Å². The molecule has 3 N–H and O–H groups in total. The van der Waals surface area contributed by atoms with Crippen molar-refractivity contribution in [1.29, 1.82) is 0 Å². The van der Waals surface area contributed by atoms with E-state index in [1.54, 1.807) is 6.20 Å². The molecule has 0 bridgehead atoms. The Labute approximate surface area is 84.0 Å². The number of nitrogens with two attached hydrogens (primary N) is 1. The molecule has 1 fully saturated rings. The maximum absolute atomic E-state index is 9.16. The first-order valence-electron chi connectivity index (χ1n) is 5.06. The topological polar surface area (TPSA) is 59.1 Å². The first-order valence-corrected chi connectivity index (χ1v) is 5.06. The SMILES string of the molecule is NCCC1(c2ccccn2)CC1CO. The van der Waals surface area contributed by atoms with Crippen LogP contribution >= 0.6 is 0 Å². The van der Waals surface area contributed by atoms with E-state index in [9.17, 15) is 0 Å². The van der Waals surface area contributed by atoms with Crippen LogP contribution < -0.4 is 5.73 Å². The third-order valence-corrected chi connectivity index (χ3v) is 3.22. The summed E-state index contributed by atoms with van der Waals surface area (Å²) in [6.07, 6.45) is 3.76. The second-order valence-electron chi connectivity index (χ2n) is 3.99. The minimum atomic E-state index is 0.0742. The highest BCUT2D eigenvalue weighted by Gasteiger charge is 2.54. The molecule has 0 aliphatic heterocycles. The fraction of sp³-hybridized carbons (Fsp3) is 0.545. The normalized spacial score (nSPS) is 30.3. The van der Waals surface area contributed by atoms with Crippen molar-refractivity contribution < 1.29 is 5.11 Å². The molecule has 3 heteroatoms. The Balaban J connectivity index is 2.22. The van der Waals surface area contributed by atoms with Crippen LogP contribution in [0.2, 0.25) is 0 Å². The van der Waals surface area contributed by atoms with E-state index in [0.29, 0.717) is 12.5 Å². The second-order valence-corrected chi connectivity index (χ2v) is 3.99. The summed E-state index contributed by atoms with van der Waals surface area (Å²) < 4.78 is 0. The molecule has 0 aromatic carbocycles. The monoisotopic (exact) mass is 192 g/mol. The number of aliphatic hydroxyl groups is 1. The van der Waals surface area contributed by atoms with Crippen LogP contribution in [-0.2, 0) is 5.41 Å². The Morgan fingerprint density at radius 1 is 1.57 bits per heavy atom. The predicted molar refractivity (Wildman–Crippen MR) is 54.8 cm³/mol. The van der Waals surface area contributed by atoms with Crippen molar-refractivity contribution in [3.05, 3.63) is 30.1 Å². The van der Waals surface area contributed by atoms with Gasteiger partial charge in [0.2, 0.25) is 0 Å². The molecule has 0 radical (unpaired) electrons. The smallest absolute Gasteiger partial charge is 0.0469 e. The van der Waals surface area contributed by atoms with Gasteiger partial charge in [0.15, 0.2) is 0 Å². The van der Waals surface area contributed by atoms with Crippen LogP contribution in [0.4, 0.5) is 0 Å². The molecule has 1 heterocycles. The van der Waals surface area contributed by atoms with Crippen molar-refractivity contribution in [2.75, 3.05) is 13.2 Å². The van der Waals surface area contributed by atoms with E-state index >= 15 is 0 Å². The molecular formula is C11H16N2O. The summed E-state index contributed by atoms with van der Waals surface area (Å²) in [6, 6.07) is 5.94. The molecule has 14 heavy (non-hydrogen) atoms. The molecule has 1 saturated carbocycles. The zero-order valence-corrected chi connectivity index (χ0v) is 8.19. The predicted octanol–water partition coefficient (Wildman–Crippen LogP) is 0.680. The molecule has 2 unspecified atom stereocenters. The number of rotatable bonds is 4. The van der Waals surface area contributed by atoms with Crippen molar-refractivity contribution in [2.24, 2.45) is 11.7 Å². The zero-order chi connectivity index (χ0) is 10.0. The van der Waals surface area contributed by atoms with E-state index in [1.165, 1.54) is 0 Å². The Morgan fingerprint density at radius 3 is 2.93 bits per heavy atom. The van der Waals surface area contributed by atoms with Crippen molar-refractivity contribution in [3.63, 3.8) is 0 Å². The van der Waals surface area contributed by atoms with Gasteiger partial charge in [0.1, 0.15) is 0 Å². The van der Waals surface area contributed by atoms with Gasteiger partial charge in [-0.15, -0.1) is 0 Å². The molecular weight excluding hydrogens is 176 g/mol. The largest absolute Gasteiger partial charge is 0.396 e. The highest BCUT2D eigenvalue weighted by Crippen LogP contribution is 2.55. The van der Waals surface area contributed by atoms with Crippen LogP contribution in [-0.4, -0.2) is 23.2 Å². The van der Waals surface area contributed by atoms with Crippen LogP contribution in [0.25, 0.3) is 0 Å². The summed E-state index contributed by atoms with van der Waals surface area (Å²) in [7, 11) is 0.